The second-order valence-corrected chi connectivity index (χ2v) is 5.10. The van der Waals surface area contributed by atoms with E-state index in [0.717, 1.165) is 4.47 Å². The number of halogens is 1. The number of rotatable bonds is 5. The van der Waals surface area contributed by atoms with Gasteiger partial charge in [-0.2, -0.15) is 0 Å². The molecule has 1 rings (SSSR count). The summed E-state index contributed by atoms with van der Waals surface area (Å²) >= 11 is 3.27. The van der Waals surface area contributed by atoms with Crippen LogP contribution >= 0.6 is 15.9 Å². The van der Waals surface area contributed by atoms with Gasteiger partial charge in [-0.05, 0) is 32.0 Å². The zero-order chi connectivity index (χ0) is 13.7. The minimum atomic E-state index is -0.121. The van der Waals surface area contributed by atoms with Gasteiger partial charge < -0.3 is 9.64 Å². The molecule has 18 heavy (non-hydrogen) atoms. The molecule has 0 aliphatic carbocycles. The van der Waals surface area contributed by atoms with Crippen LogP contribution in [0.3, 0.4) is 0 Å². The molecule has 5 heteroatoms. The quantitative estimate of drug-likeness (QED) is 0.785. The number of ether oxygens (including phenoxy) is 1. The SMILES string of the molecule is CC(C)N(C)C(=O)COc1ccc(Br)cc1C=O. The fourth-order valence-electron chi connectivity index (χ4n) is 1.27. The normalized spacial score (nSPS) is 10.3. The summed E-state index contributed by atoms with van der Waals surface area (Å²) in [6, 6.07) is 5.20. The summed E-state index contributed by atoms with van der Waals surface area (Å²) in [4.78, 5) is 24.2. The molecule has 0 aliphatic heterocycles. The van der Waals surface area contributed by atoms with Gasteiger partial charge in [0.15, 0.2) is 12.9 Å². The fourth-order valence-corrected chi connectivity index (χ4v) is 1.65. The van der Waals surface area contributed by atoms with Crippen molar-refractivity contribution in [2.24, 2.45) is 0 Å². The largest absolute Gasteiger partial charge is 0.483 e. The standard InChI is InChI=1S/C13H16BrNO3/c1-9(2)15(3)13(17)8-18-12-5-4-11(14)6-10(12)7-16/h4-7,9H,8H2,1-3H3. The van der Waals surface area contributed by atoms with Gasteiger partial charge in [-0.3, -0.25) is 9.59 Å². The number of hydrogen-bond donors (Lipinski definition) is 0. The first-order chi connectivity index (χ1) is 8.45. The maximum Gasteiger partial charge on any atom is 0.260 e. The lowest BCUT2D eigenvalue weighted by atomic mass is 10.2. The topological polar surface area (TPSA) is 46.6 Å². The Kier molecular flexibility index (Phi) is 5.34. The van der Waals surface area contributed by atoms with Crippen LogP contribution in [0.15, 0.2) is 22.7 Å². The van der Waals surface area contributed by atoms with E-state index in [1.54, 1.807) is 30.1 Å². The number of nitrogens with zero attached hydrogens (tertiary/aromatic N) is 1. The van der Waals surface area contributed by atoms with Crippen LogP contribution < -0.4 is 4.74 Å². The van der Waals surface area contributed by atoms with Crippen molar-refractivity contribution in [3.63, 3.8) is 0 Å². The molecule has 0 N–H and O–H groups in total. The number of likely N-dealkylation sites (N-methyl/N-ethyl adjacent to an activating group) is 1. The predicted molar refractivity (Wildman–Crippen MR) is 72.9 cm³/mol. The summed E-state index contributed by atoms with van der Waals surface area (Å²) in [5.74, 6) is 0.295. The van der Waals surface area contributed by atoms with Gasteiger partial charge in [0.1, 0.15) is 5.75 Å². The summed E-state index contributed by atoms with van der Waals surface area (Å²) in [7, 11) is 1.72. The van der Waals surface area contributed by atoms with E-state index >= 15 is 0 Å². The zero-order valence-corrected chi connectivity index (χ0v) is 12.2. The number of aldehydes is 1. The molecule has 0 saturated heterocycles. The number of carbonyl (C=O) groups is 2. The van der Waals surface area contributed by atoms with Crippen LogP contribution in [0.5, 0.6) is 5.75 Å². The molecule has 0 spiro atoms. The Balaban J connectivity index is 2.69. The monoisotopic (exact) mass is 313 g/mol. The van der Waals surface area contributed by atoms with Crippen molar-refractivity contribution in [3.05, 3.63) is 28.2 Å². The third-order valence-corrected chi connectivity index (χ3v) is 3.11. The van der Waals surface area contributed by atoms with Crippen molar-refractivity contribution >= 4 is 28.1 Å². The highest BCUT2D eigenvalue weighted by Crippen LogP contribution is 2.21. The number of amides is 1. The summed E-state index contributed by atoms with van der Waals surface area (Å²) in [5, 5.41) is 0. The van der Waals surface area contributed by atoms with Crippen LogP contribution in [0.4, 0.5) is 0 Å². The van der Waals surface area contributed by atoms with E-state index in [1.807, 2.05) is 13.8 Å². The van der Waals surface area contributed by atoms with E-state index in [1.165, 1.54) is 0 Å². The van der Waals surface area contributed by atoms with Crippen molar-refractivity contribution in [2.75, 3.05) is 13.7 Å². The van der Waals surface area contributed by atoms with Gasteiger partial charge in [0.2, 0.25) is 0 Å². The molecule has 4 nitrogen and oxygen atoms in total. The van der Waals surface area contributed by atoms with Gasteiger partial charge in [-0.1, -0.05) is 15.9 Å². The molecule has 0 heterocycles. The summed E-state index contributed by atoms with van der Waals surface area (Å²) in [6.07, 6.45) is 0.705. The molecule has 0 unspecified atom stereocenters. The van der Waals surface area contributed by atoms with Crippen molar-refractivity contribution < 1.29 is 14.3 Å². The third-order valence-electron chi connectivity index (χ3n) is 2.62. The lowest BCUT2D eigenvalue weighted by Gasteiger charge is -2.21. The maximum absolute atomic E-state index is 11.7. The first-order valence-corrected chi connectivity index (χ1v) is 6.38. The van der Waals surface area contributed by atoms with Gasteiger partial charge in [-0.15, -0.1) is 0 Å². The lowest BCUT2D eigenvalue weighted by Crippen LogP contribution is -2.36. The molecular formula is C13H16BrNO3. The van der Waals surface area contributed by atoms with Gasteiger partial charge in [0.25, 0.3) is 5.91 Å². The van der Waals surface area contributed by atoms with Gasteiger partial charge in [0, 0.05) is 17.6 Å². The molecule has 98 valence electrons. The summed E-state index contributed by atoms with van der Waals surface area (Å²) < 4.78 is 6.17. The molecule has 1 aromatic carbocycles. The van der Waals surface area contributed by atoms with E-state index in [2.05, 4.69) is 15.9 Å². The predicted octanol–water partition coefficient (Wildman–Crippen LogP) is 2.51. The highest BCUT2D eigenvalue weighted by molar-refractivity contribution is 9.10. The van der Waals surface area contributed by atoms with Gasteiger partial charge in [0.05, 0.1) is 5.56 Å². The Morgan fingerprint density at radius 3 is 2.72 bits per heavy atom. The highest BCUT2D eigenvalue weighted by Gasteiger charge is 2.13. The van der Waals surface area contributed by atoms with Crippen molar-refractivity contribution in [3.8, 4) is 5.75 Å². The van der Waals surface area contributed by atoms with Crippen LogP contribution in [0.1, 0.15) is 24.2 Å². The molecule has 0 fully saturated rings. The minimum Gasteiger partial charge on any atom is -0.483 e. The molecular weight excluding hydrogens is 298 g/mol. The number of benzene rings is 1. The van der Waals surface area contributed by atoms with Crippen LogP contribution in [0.2, 0.25) is 0 Å². The number of carbonyl (C=O) groups excluding carboxylic acids is 2. The zero-order valence-electron chi connectivity index (χ0n) is 10.6. The van der Waals surface area contributed by atoms with E-state index in [-0.39, 0.29) is 18.6 Å². The highest BCUT2D eigenvalue weighted by atomic mass is 79.9. The average Bonchev–Trinajstić information content (AvgIpc) is 2.35. The lowest BCUT2D eigenvalue weighted by molar-refractivity contribution is -0.133. The van der Waals surface area contributed by atoms with Crippen molar-refractivity contribution in [2.45, 2.75) is 19.9 Å². The van der Waals surface area contributed by atoms with Crippen LogP contribution in [-0.2, 0) is 4.79 Å². The number of hydrogen-bond acceptors (Lipinski definition) is 3. The summed E-state index contributed by atoms with van der Waals surface area (Å²) in [5.41, 5.74) is 0.421. The Labute approximate surface area is 115 Å². The average molecular weight is 314 g/mol. The van der Waals surface area contributed by atoms with E-state index < -0.39 is 0 Å². The Hall–Kier alpha value is -1.36. The molecule has 1 amide bonds. The molecule has 0 bridgehead atoms. The first-order valence-electron chi connectivity index (χ1n) is 5.59. The first kappa shape index (κ1) is 14.7. The Morgan fingerprint density at radius 1 is 1.50 bits per heavy atom. The maximum atomic E-state index is 11.7. The fraction of sp³-hybridized carbons (Fsp3) is 0.385. The molecule has 0 aliphatic rings. The smallest absolute Gasteiger partial charge is 0.260 e. The molecule has 1 aromatic rings. The second-order valence-electron chi connectivity index (χ2n) is 4.19. The molecule has 0 radical (unpaired) electrons. The van der Waals surface area contributed by atoms with E-state index in [9.17, 15) is 9.59 Å². The summed E-state index contributed by atoms with van der Waals surface area (Å²) in [6.45, 7) is 3.78. The van der Waals surface area contributed by atoms with Crippen LogP contribution in [0, 0.1) is 0 Å². The van der Waals surface area contributed by atoms with Gasteiger partial charge >= 0.3 is 0 Å². The van der Waals surface area contributed by atoms with E-state index in [4.69, 9.17) is 4.74 Å². The third kappa shape index (κ3) is 3.84. The van der Waals surface area contributed by atoms with Crippen LogP contribution in [0.25, 0.3) is 0 Å². The molecule has 0 saturated carbocycles. The molecule has 0 atom stereocenters. The van der Waals surface area contributed by atoms with Crippen LogP contribution in [-0.4, -0.2) is 36.8 Å². The van der Waals surface area contributed by atoms with Crippen molar-refractivity contribution in [1.82, 2.24) is 4.90 Å². The van der Waals surface area contributed by atoms with Gasteiger partial charge in [-0.25, -0.2) is 0 Å². The van der Waals surface area contributed by atoms with E-state index in [0.29, 0.717) is 17.6 Å². The Bertz CT molecular complexity index is 446. The minimum absolute atomic E-state index is 0.0723. The molecule has 0 aromatic heterocycles. The second kappa shape index (κ2) is 6.54. The van der Waals surface area contributed by atoms with Crippen molar-refractivity contribution in [1.29, 1.82) is 0 Å². The Morgan fingerprint density at radius 2 is 2.17 bits per heavy atom.